The van der Waals surface area contributed by atoms with Gasteiger partial charge in [-0.3, -0.25) is 4.98 Å². The van der Waals surface area contributed by atoms with Crippen molar-refractivity contribution in [2.45, 2.75) is 25.4 Å². The van der Waals surface area contributed by atoms with Crippen LogP contribution in [-0.2, 0) is 6.54 Å². The molecule has 0 atom stereocenters. The van der Waals surface area contributed by atoms with Crippen LogP contribution in [0.5, 0.6) is 0 Å². The first kappa shape index (κ1) is 11.6. The van der Waals surface area contributed by atoms with E-state index in [0.717, 1.165) is 19.6 Å². The van der Waals surface area contributed by atoms with E-state index >= 15 is 0 Å². The van der Waals surface area contributed by atoms with E-state index < -0.39 is 0 Å². The summed E-state index contributed by atoms with van der Waals surface area (Å²) in [4.78, 5) is 4.14. The summed E-state index contributed by atoms with van der Waals surface area (Å²) in [6.45, 7) is 3.24. The van der Waals surface area contributed by atoms with E-state index in [1.54, 1.807) is 0 Å². The molecule has 0 unspecified atom stereocenters. The van der Waals surface area contributed by atoms with Gasteiger partial charge in [-0.2, -0.15) is 0 Å². The van der Waals surface area contributed by atoms with E-state index in [4.69, 9.17) is 0 Å². The van der Waals surface area contributed by atoms with Crippen LogP contribution in [0.15, 0.2) is 36.7 Å². The molecule has 1 aromatic carbocycles. The highest BCUT2D eigenvalue weighted by Crippen LogP contribution is 2.14. The van der Waals surface area contributed by atoms with Gasteiger partial charge in [0.1, 0.15) is 0 Å². The lowest BCUT2D eigenvalue weighted by Gasteiger charge is -2.23. The summed E-state index contributed by atoms with van der Waals surface area (Å²) in [6, 6.07) is 9.34. The molecule has 3 nitrogen and oxygen atoms in total. The monoisotopic (exact) mass is 241 g/mol. The van der Waals surface area contributed by atoms with Crippen LogP contribution in [0, 0.1) is 0 Å². The molecule has 2 N–H and O–H groups in total. The first-order valence-electron chi connectivity index (χ1n) is 6.68. The Hall–Kier alpha value is -1.45. The molecule has 0 aliphatic carbocycles. The van der Waals surface area contributed by atoms with E-state index in [2.05, 4.69) is 39.9 Å². The van der Waals surface area contributed by atoms with Crippen LogP contribution in [0.3, 0.4) is 0 Å². The van der Waals surface area contributed by atoms with E-state index in [1.807, 2.05) is 12.4 Å². The molecule has 3 rings (SSSR count). The van der Waals surface area contributed by atoms with Crippen LogP contribution in [-0.4, -0.2) is 24.1 Å². The largest absolute Gasteiger partial charge is 0.317 e. The topological polar surface area (TPSA) is 37.0 Å². The van der Waals surface area contributed by atoms with Crippen LogP contribution in [0.2, 0.25) is 0 Å². The second-order valence-electron chi connectivity index (χ2n) is 4.96. The summed E-state index contributed by atoms with van der Waals surface area (Å²) in [5.41, 5.74) is 1.35. The minimum absolute atomic E-state index is 0.666. The molecule has 3 heteroatoms. The van der Waals surface area contributed by atoms with Gasteiger partial charge in [-0.05, 0) is 49.0 Å². The Morgan fingerprint density at radius 2 is 2.06 bits per heavy atom. The van der Waals surface area contributed by atoms with Crippen molar-refractivity contribution in [2.24, 2.45) is 0 Å². The Balaban J connectivity index is 1.66. The number of piperidine rings is 1. The minimum atomic E-state index is 0.666. The van der Waals surface area contributed by atoms with Crippen molar-refractivity contribution in [1.82, 2.24) is 15.6 Å². The highest BCUT2D eigenvalue weighted by Gasteiger charge is 2.11. The average molecular weight is 241 g/mol. The number of aromatic nitrogens is 1. The Morgan fingerprint density at radius 1 is 1.17 bits per heavy atom. The molecule has 1 aromatic heterocycles. The van der Waals surface area contributed by atoms with Crippen molar-refractivity contribution in [3.8, 4) is 0 Å². The number of nitrogens with zero attached hydrogens (tertiary/aromatic N) is 1. The first-order chi connectivity index (χ1) is 8.92. The highest BCUT2D eigenvalue weighted by molar-refractivity contribution is 5.81. The first-order valence-corrected chi connectivity index (χ1v) is 6.68. The van der Waals surface area contributed by atoms with Crippen LogP contribution in [0.1, 0.15) is 18.4 Å². The van der Waals surface area contributed by atoms with Gasteiger partial charge in [0.25, 0.3) is 0 Å². The lowest BCUT2D eigenvalue weighted by molar-refractivity contribution is 0.386. The van der Waals surface area contributed by atoms with Crippen molar-refractivity contribution in [3.63, 3.8) is 0 Å². The molecule has 94 valence electrons. The number of nitrogens with one attached hydrogen (secondary N) is 2. The van der Waals surface area contributed by atoms with Crippen molar-refractivity contribution < 1.29 is 0 Å². The standard InChI is InChI=1S/C15H19N3/c1-2-14-11-17-6-3-13(14)9-12(1)10-18-15-4-7-16-8-5-15/h1-3,6,9,11,15-16,18H,4-5,7-8,10H2. The van der Waals surface area contributed by atoms with Crippen molar-refractivity contribution in [2.75, 3.05) is 13.1 Å². The molecule has 0 spiro atoms. The summed E-state index contributed by atoms with van der Waals surface area (Å²) in [7, 11) is 0. The normalized spacial score (nSPS) is 17.1. The minimum Gasteiger partial charge on any atom is -0.317 e. The predicted molar refractivity (Wildman–Crippen MR) is 74.5 cm³/mol. The zero-order valence-corrected chi connectivity index (χ0v) is 10.5. The van der Waals surface area contributed by atoms with E-state index in [-0.39, 0.29) is 0 Å². The fourth-order valence-corrected chi connectivity index (χ4v) is 2.53. The summed E-state index contributed by atoms with van der Waals surface area (Å²) in [5.74, 6) is 0. The van der Waals surface area contributed by atoms with Crippen LogP contribution in [0.25, 0.3) is 10.8 Å². The highest BCUT2D eigenvalue weighted by atomic mass is 15.0. The molecule has 0 bridgehead atoms. The number of hydrogen-bond donors (Lipinski definition) is 2. The Bertz CT molecular complexity index is 518. The molecule has 1 aliphatic heterocycles. The van der Waals surface area contributed by atoms with Gasteiger partial charge in [-0.25, -0.2) is 0 Å². The molecular formula is C15H19N3. The summed E-state index contributed by atoms with van der Waals surface area (Å²) < 4.78 is 0. The number of hydrogen-bond acceptors (Lipinski definition) is 3. The van der Waals surface area contributed by atoms with Gasteiger partial charge in [0.15, 0.2) is 0 Å². The second kappa shape index (κ2) is 5.46. The van der Waals surface area contributed by atoms with Crippen molar-refractivity contribution in [1.29, 1.82) is 0 Å². The maximum absolute atomic E-state index is 4.14. The second-order valence-corrected chi connectivity index (χ2v) is 4.96. The third-order valence-corrected chi connectivity index (χ3v) is 3.64. The maximum Gasteiger partial charge on any atom is 0.0346 e. The summed E-state index contributed by atoms with van der Waals surface area (Å²) in [5, 5.41) is 9.52. The fourth-order valence-electron chi connectivity index (χ4n) is 2.53. The molecule has 0 amide bonds. The van der Waals surface area contributed by atoms with Gasteiger partial charge < -0.3 is 10.6 Å². The molecular weight excluding hydrogens is 222 g/mol. The Labute approximate surface area is 108 Å². The molecule has 0 saturated carbocycles. The average Bonchev–Trinajstić information content (AvgIpc) is 2.46. The number of benzene rings is 1. The Morgan fingerprint density at radius 3 is 2.94 bits per heavy atom. The molecule has 0 radical (unpaired) electrons. The lowest BCUT2D eigenvalue weighted by atomic mass is 10.1. The maximum atomic E-state index is 4.14. The molecule has 18 heavy (non-hydrogen) atoms. The van der Waals surface area contributed by atoms with Gasteiger partial charge in [0, 0.05) is 30.4 Å². The van der Waals surface area contributed by atoms with Gasteiger partial charge >= 0.3 is 0 Å². The predicted octanol–water partition coefficient (Wildman–Crippen LogP) is 2.08. The van der Waals surface area contributed by atoms with Crippen LogP contribution >= 0.6 is 0 Å². The SMILES string of the molecule is c1cc2cc(CNC3CCNCC3)ccc2cn1. The third kappa shape index (κ3) is 2.68. The summed E-state index contributed by atoms with van der Waals surface area (Å²) >= 11 is 0. The molecule has 1 aliphatic rings. The zero-order chi connectivity index (χ0) is 12.2. The third-order valence-electron chi connectivity index (χ3n) is 3.64. The molecule has 1 fully saturated rings. The molecule has 2 heterocycles. The number of pyridine rings is 1. The Kier molecular flexibility index (Phi) is 3.53. The van der Waals surface area contributed by atoms with E-state index in [0.29, 0.717) is 6.04 Å². The molecule has 1 saturated heterocycles. The lowest BCUT2D eigenvalue weighted by Crippen LogP contribution is -2.39. The van der Waals surface area contributed by atoms with Crippen molar-refractivity contribution >= 4 is 10.8 Å². The van der Waals surface area contributed by atoms with Gasteiger partial charge in [-0.1, -0.05) is 12.1 Å². The molecule has 2 aromatic rings. The van der Waals surface area contributed by atoms with Gasteiger partial charge in [0.05, 0.1) is 0 Å². The van der Waals surface area contributed by atoms with Gasteiger partial charge in [-0.15, -0.1) is 0 Å². The quantitative estimate of drug-likeness (QED) is 0.864. The number of rotatable bonds is 3. The van der Waals surface area contributed by atoms with Crippen LogP contribution in [0.4, 0.5) is 0 Å². The number of fused-ring (bicyclic) bond motifs is 1. The smallest absolute Gasteiger partial charge is 0.0346 e. The zero-order valence-electron chi connectivity index (χ0n) is 10.5. The van der Waals surface area contributed by atoms with E-state index in [1.165, 1.54) is 29.2 Å². The fraction of sp³-hybridized carbons (Fsp3) is 0.400. The summed E-state index contributed by atoms with van der Waals surface area (Å²) in [6.07, 6.45) is 6.24. The van der Waals surface area contributed by atoms with Gasteiger partial charge in [0.2, 0.25) is 0 Å². The van der Waals surface area contributed by atoms with E-state index in [9.17, 15) is 0 Å². The van der Waals surface area contributed by atoms with Crippen LogP contribution < -0.4 is 10.6 Å². The van der Waals surface area contributed by atoms with Crippen molar-refractivity contribution in [3.05, 3.63) is 42.2 Å².